The number of carbonyl (C=O) groups excluding carboxylic acids is 2. The molecule has 0 atom stereocenters. The number of aromatic nitrogens is 2. The molecule has 0 bridgehead atoms. The number of rotatable bonds is 4. The van der Waals surface area contributed by atoms with Crippen molar-refractivity contribution in [2.24, 2.45) is 0 Å². The van der Waals surface area contributed by atoms with Gasteiger partial charge in [-0.05, 0) is 18.2 Å². The Bertz CT molecular complexity index is 774. The molecule has 1 aliphatic rings. The van der Waals surface area contributed by atoms with Gasteiger partial charge in [0.05, 0.1) is 0 Å². The molecule has 1 fully saturated rings. The van der Waals surface area contributed by atoms with Crippen LogP contribution in [0.1, 0.15) is 10.5 Å². The van der Waals surface area contributed by atoms with E-state index in [9.17, 15) is 18.4 Å². The lowest BCUT2D eigenvalue weighted by Gasteiger charge is -2.32. The summed E-state index contributed by atoms with van der Waals surface area (Å²) >= 11 is 0. The summed E-state index contributed by atoms with van der Waals surface area (Å²) in [6.07, 6.45) is 2.19. The van der Waals surface area contributed by atoms with E-state index in [1.54, 1.807) is 4.90 Å². The highest BCUT2D eigenvalue weighted by Gasteiger charge is 2.20. The van der Waals surface area contributed by atoms with Gasteiger partial charge in [-0.1, -0.05) is 6.07 Å². The third-order valence-corrected chi connectivity index (χ3v) is 3.82. The molecule has 9 heteroatoms. The van der Waals surface area contributed by atoms with Gasteiger partial charge < -0.3 is 15.1 Å². The van der Waals surface area contributed by atoms with Gasteiger partial charge in [-0.15, -0.1) is 0 Å². The SMILES string of the molecule is O=CN1CCN(c2nccc(C(=O)Nc3c(F)cccc3F)n2)CC1. The maximum Gasteiger partial charge on any atom is 0.274 e. The van der Waals surface area contributed by atoms with Crippen molar-refractivity contribution in [1.29, 1.82) is 0 Å². The number of anilines is 2. The topological polar surface area (TPSA) is 78.4 Å². The minimum absolute atomic E-state index is 0.00882. The predicted molar refractivity (Wildman–Crippen MR) is 86.2 cm³/mol. The summed E-state index contributed by atoms with van der Waals surface area (Å²) < 4.78 is 27.3. The van der Waals surface area contributed by atoms with Crippen molar-refractivity contribution < 1.29 is 18.4 Å². The quantitative estimate of drug-likeness (QED) is 0.843. The van der Waals surface area contributed by atoms with E-state index in [0.717, 1.165) is 18.5 Å². The molecule has 2 aromatic rings. The molecular weight excluding hydrogens is 332 g/mol. The fraction of sp³-hybridized carbons (Fsp3) is 0.250. The second kappa shape index (κ2) is 7.20. The van der Waals surface area contributed by atoms with Crippen LogP contribution in [0.4, 0.5) is 20.4 Å². The van der Waals surface area contributed by atoms with E-state index in [4.69, 9.17) is 0 Å². The molecule has 1 N–H and O–H groups in total. The average molecular weight is 347 g/mol. The van der Waals surface area contributed by atoms with Crippen LogP contribution in [0.15, 0.2) is 30.5 Å². The number of amides is 2. The first kappa shape index (κ1) is 16.7. The summed E-state index contributed by atoms with van der Waals surface area (Å²) in [4.78, 5) is 34.7. The van der Waals surface area contributed by atoms with Gasteiger partial charge in [0.15, 0.2) is 0 Å². The molecule has 1 aromatic carbocycles. The third kappa shape index (κ3) is 3.70. The zero-order valence-corrected chi connectivity index (χ0v) is 13.2. The average Bonchev–Trinajstić information content (AvgIpc) is 2.65. The molecule has 1 aliphatic heterocycles. The first-order valence-corrected chi connectivity index (χ1v) is 7.61. The van der Waals surface area contributed by atoms with Crippen LogP contribution in [-0.4, -0.2) is 53.4 Å². The first-order chi connectivity index (χ1) is 12.1. The molecular formula is C16H15F2N5O2. The van der Waals surface area contributed by atoms with Crippen LogP contribution in [0.25, 0.3) is 0 Å². The number of carbonyl (C=O) groups is 2. The van der Waals surface area contributed by atoms with Gasteiger partial charge in [0, 0.05) is 32.4 Å². The Labute approximate surface area is 142 Å². The molecule has 25 heavy (non-hydrogen) atoms. The van der Waals surface area contributed by atoms with E-state index < -0.39 is 23.2 Å². The molecule has 7 nitrogen and oxygen atoms in total. The lowest BCUT2D eigenvalue weighted by Crippen LogP contribution is -2.46. The highest BCUT2D eigenvalue weighted by molar-refractivity contribution is 6.03. The second-order valence-electron chi connectivity index (χ2n) is 5.42. The van der Waals surface area contributed by atoms with E-state index in [0.29, 0.717) is 32.1 Å². The fourth-order valence-corrected chi connectivity index (χ4v) is 2.45. The van der Waals surface area contributed by atoms with Crippen molar-refractivity contribution in [1.82, 2.24) is 14.9 Å². The van der Waals surface area contributed by atoms with Gasteiger partial charge in [0.1, 0.15) is 23.0 Å². The molecule has 1 saturated heterocycles. The number of para-hydroxylation sites is 1. The van der Waals surface area contributed by atoms with Gasteiger partial charge in [0.2, 0.25) is 12.4 Å². The van der Waals surface area contributed by atoms with Gasteiger partial charge >= 0.3 is 0 Å². The minimum Gasteiger partial charge on any atom is -0.342 e. The van der Waals surface area contributed by atoms with Gasteiger partial charge in [-0.25, -0.2) is 18.7 Å². The largest absolute Gasteiger partial charge is 0.342 e. The lowest BCUT2D eigenvalue weighted by atomic mass is 10.2. The van der Waals surface area contributed by atoms with Crippen LogP contribution in [-0.2, 0) is 4.79 Å². The smallest absolute Gasteiger partial charge is 0.274 e. The van der Waals surface area contributed by atoms with Crippen LogP contribution < -0.4 is 10.2 Å². The standard InChI is InChI=1S/C16H15F2N5O2/c17-11-2-1-3-12(18)14(11)21-15(25)13-4-5-19-16(20-13)23-8-6-22(10-24)7-9-23/h1-5,10H,6-9H2,(H,21,25). The summed E-state index contributed by atoms with van der Waals surface area (Å²) in [6, 6.07) is 4.68. The molecule has 0 radical (unpaired) electrons. The van der Waals surface area contributed by atoms with E-state index in [-0.39, 0.29) is 5.69 Å². The van der Waals surface area contributed by atoms with Gasteiger partial charge in [-0.2, -0.15) is 0 Å². The van der Waals surface area contributed by atoms with Crippen molar-refractivity contribution in [2.75, 3.05) is 36.4 Å². The van der Waals surface area contributed by atoms with Crippen LogP contribution in [0.3, 0.4) is 0 Å². The Balaban J connectivity index is 1.75. The Kier molecular flexibility index (Phi) is 4.82. The van der Waals surface area contributed by atoms with Crippen molar-refractivity contribution in [3.63, 3.8) is 0 Å². The van der Waals surface area contributed by atoms with Crippen molar-refractivity contribution >= 4 is 24.0 Å². The van der Waals surface area contributed by atoms with Crippen LogP contribution >= 0.6 is 0 Å². The van der Waals surface area contributed by atoms with Gasteiger partial charge in [-0.3, -0.25) is 9.59 Å². The highest BCUT2D eigenvalue weighted by atomic mass is 19.1. The molecule has 2 amide bonds. The first-order valence-electron chi connectivity index (χ1n) is 7.61. The van der Waals surface area contributed by atoms with E-state index in [2.05, 4.69) is 15.3 Å². The summed E-state index contributed by atoms with van der Waals surface area (Å²) in [5.41, 5.74) is -0.530. The molecule has 0 unspecified atom stereocenters. The molecule has 3 rings (SSSR count). The van der Waals surface area contributed by atoms with Crippen molar-refractivity contribution in [3.05, 3.63) is 47.8 Å². The maximum absolute atomic E-state index is 13.6. The number of nitrogens with one attached hydrogen (secondary N) is 1. The normalized spacial score (nSPS) is 14.3. The third-order valence-electron chi connectivity index (χ3n) is 3.82. The minimum atomic E-state index is -0.868. The molecule has 0 spiro atoms. The van der Waals surface area contributed by atoms with Gasteiger partial charge in [0.25, 0.3) is 5.91 Å². The maximum atomic E-state index is 13.6. The van der Waals surface area contributed by atoms with E-state index in [1.165, 1.54) is 18.3 Å². The Hall–Kier alpha value is -3.10. The number of nitrogens with zero attached hydrogens (tertiary/aromatic N) is 4. The number of piperazine rings is 1. The van der Waals surface area contributed by atoms with Crippen LogP contribution in [0.2, 0.25) is 0 Å². The Morgan fingerprint density at radius 1 is 1.12 bits per heavy atom. The predicted octanol–water partition coefficient (Wildman–Crippen LogP) is 1.29. The highest BCUT2D eigenvalue weighted by Crippen LogP contribution is 2.19. The second-order valence-corrected chi connectivity index (χ2v) is 5.42. The van der Waals surface area contributed by atoms with Crippen LogP contribution in [0.5, 0.6) is 0 Å². The number of halogens is 2. The number of benzene rings is 1. The summed E-state index contributed by atoms with van der Waals surface area (Å²) in [5, 5.41) is 2.19. The zero-order valence-electron chi connectivity index (χ0n) is 13.2. The summed E-state index contributed by atoms with van der Waals surface area (Å²) in [5.74, 6) is -2.15. The molecule has 130 valence electrons. The summed E-state index contributed by atoms with van der Waals surface area (Å²) in [6.45, 7) is 2.13. The van der Waals surface area contributed by atoms with Crippen molar-refractivity contribution in [2.45, 2.75) is 0 Å². The molecule has 1 aromatic heterocycles. The molecule has 0 saturated carbocycles. The zero-order chi connectivity index (χ0) is 17.8. The number of hydrogen-bond donors (Lipinski definition) is 1. The molecule has 2 heterocycles. The Morgan fingerprint density at radius 2 is 1.80 bits per heavy atom. The van der Waals surface area contributed by atoms with E-state index >= 15 is 0 Å². The lowest BCUT2D eigenvalue weighted by molar-refractivity contribution is -0.118. The number of hydrogen-bond acceptors (Lipinski definition) is 5. The van der Waals surface area contributed by atoms with E-state index in [1.807, 2.05) is 4.90 Å². The summed E-state index contributed by atoms with van der Waals surface area (Å²) in [7, 11) is 0. The fourth-order valence-electron chi connectivity index (χ4n) is 2.45. The monoisotopic (exact) mass is 347 g/mol. The van der Waals surface area contributed by atoms with Crippen LogP contribution in [0, 0.1) is 11.6 Å². The van der Waals surface area contributed by atoms with Crippen molar-refractivity contribution in [3.8, 4) is 0 Å². The molecule has 0 aliphatic carbocycles. The Morgan fingerprint density at radius 3 is 2.44 bits per heavy atom.